The molecular weight excluding hydrogens is 358 g/mol. The number of rotatable bonds is 7. The topological polar surface area (TPSA) is 113 Å². The van der Waals surface area contributed by atoms with Crippen LogP contribution in [0, 0.1) is 0 Å². The number of carbonyl (C=O) groups excluding carboxylic acids is 1. The van der Waals surface area contributed by atoms with Crippen LogP contribution in [0.15, 0.2) is 48.9 Å². The molecule has 8 heteroatoms. The number of aromatic nitrogens is 1. The first-order valence-corrected chi connectivity index (χ1v) is 9.09. The van der Waals surface area contributed by atoms with Crippen molar-refractivity contribution in [3.63, 3.8) is 0 Å². The number of pyridine rings is 1. The maximum absolute atomic E-state index is 12.4. The molecule has 1 aliphatic rings. The highest BCUT2D eigenvalue weighted by Crippen LogP contribution is 2.28. The molecular formula is C20H25N5O3. The number of nitrogens with two attached hydrogens (primary N) is 1. The number of nitrogen functional groups attached to an aromatic ring is 1. The van der Waals surface area contributed by atoms with Crippen molar-refractivity contribution < 1.29 is 14.6 Å². The summed E-state index contributed by atoms with van der Waals surface area (Å²) < 4.78 is 5.81. The van der Waals surface area contributed by atoms with Gasteiger partial charge < -0.3 is 26.2 Å². The third-order valence-electron chi connectivity index (χ3n) is 4.62. The van der Waals surface area contributed by atoms with E-state index in [1.165, 1.54) is 0 Å². The summed E-state index contributed by atoms with van der Waals surface area (Å²) in [6.45, 7) is 4.50. The van der Waals surface area contributed by atoms with Crippen LogP contribution in [0.2, 0.25) is 0 Å². The molecule has 8 nitrogen and oxygen atoms in total. The zero-order chi connectivity index (χ0) is 20.1. The number of nitrogens with one attached hydrogen (secondary N) is 2. The molecule has 0 aliphatic carbocycles. The van der Waals surface area contributed by atoms with Crippen molar-refractivity contribution in [2.24, 2.45) is 0 Å². The average molecular weight is 383 g/mol. The highest BCUT2D eigenvalue weighted by atomic mass is 16.5. The Morgan fingerprint density at radius 1 is 1.39 bits per heavy atom. The van der Waals surface area contributed by atoms with Crippen LogP contribution in [0.1, 0.15) is 12.8 Å². The van der Waals surface area contributed by atoms with E-state index in [0.29, 0.717) is 23.0 Å². The van der Waals surface area contributed by atoms with E-state index in [-0.39, 0.29) is 24.3 Å². The van der Waals surface area contributed by atoms with Crippen LogP contribution >= 0.6 is 0 Å². The van der Waals surface area contributed by atoms with Gasteiger partial charge in [-0.05, 0) is 37.6 Å². The molecule has 1 amide bonds. The number of nitrogens with zero attached hydrogens (tertiary/aromatic N) is 2. The third-order valence-corrected chi connectivity index (χ3v) is 4.62. The Morgan fingerprint density at radius 2 is 2.18 bits per heavy atom. The maximum Gasteiger partial charge on any atom is 0.239 e. The van der Waals surface area contributed by atoms with Gasteiger partial charge in [0.05, 0.1) is 24.0 Å². The number of ether oxygens (including phenoxy) is 1. The SMILES string of the molecule is C=C(O)[C@@H]1CCCN1CC(=O)Nc1cc(Oc2ccc(NC)c(N)c2)ccn1. The van der Waals surface area contributed by atoms with Gasteiger partial charge in [-0.25, -0.2) is 4.98 Å². The molecule has 0 bridgehead atoms. The Labute approximate surface area is 164 Å². The van der Waals surface area contributed by atoms with Gasteiger partial charge in [0.15, 0.2) is 0 Å². The van der Waals surface area contributed by atoms with Crippen molar-refractivity contribution in [1.82, 2.24) is 9.88 Å². The minimum absolute atomic E-state index is 0.0994. The Hall–Kier alpha value is -3.26. The second-order valence-electron chi connectivity index (χ2n) is 6.65. The molecule has 1 atom stereocenters. The van der Waals surface area contributed by atoms with E-state index in [1.807, 2.05) is 11.0 Å². The van der Waals surface area contributed by atoms with Crippen molar-refractivity contribution in [2.45, 2.75) is 18.9 Å². The van der Waals surface area contributed by atoms with E-state index in [2.05, 4.69) is 22.2 Å². The maximum atomic E-state index is 12.4. The van der Waals surface area contributed by atoms with E-state index in [4.69, 9.17) is 10.5 Å². The smallest absolute Gasteiger partial charge is 0.239 e. The summed E-state index contributed by atoms with van der Waals surface area (Å²) in [6, 6.07) is 8.53. The molecule has 1 aliphatic heterocycles. The minimum Gasteiger partial charge on any atom is -0.511 e. The summed E-state index contributed by atoms with van der Waals surface area (Å²) in [5, 5.41) is 15.4. The van der Waals surface area contributed by atoms with Crippen LogP contribution in [0.25, 0.3) is 0 Å². The van der Waals surface area contributed by atoms with Crippen molar-refractivity contribution in [1.29, 1.82) is 0 Å². The van der Waals surface area contributed by atoms with Gasteiger partial charge in [-0.15, -0.1) is 0 Å². The van der Waals surface area contributed by atoms with Gasteiger partial charge in [0, 0.05) is 25.4 Å². The van der Waals surface area contributed by atoms with E-state index < -0.39 is 0 Å². The first-order chi connectivity index (χ1) is 13.5. The zero-order valence-corrected chi connectivity index (χ0v) is 15.8. The van der Waals surface area contributed by atoms with Gasteiger partial charge in [0.1, 0.15) is 23.1 Å². The lowest BCUT2D eigenvalue weighted by atomic mass is 10.2. The van der Waals surface area contributed by atoms with Crippen LogP contribution in [0.4, 0.5) is 17.2 Å². The van der Waals surface area contributed by atoms with Crippen molar-refractivity contribution in [3.05, 3.63) is 48.9 Å². The van der Waals surface area contributed by atoms with Gasteiger partial charge >= 0.3 is 0 Å². The van der Waals surface area contributed by atoms with Crippen molar-refractivity contribution in [3.8, 4) is 11.5 Å². The molecule has 1 saturated heterocycles. The monoisotopic (exact) mass is 383 g/mol. The minimum atomic E-state index is -0.208. The summed E-state index contributed by atoms with van der Waals surface area (Å²) in [6.07, 6.45) is 3.29. The number of amides is 1. The second-order valence-corrected chi connectivity index (χ2v) is 6.65. The molecule has 28 heavy (non-hydrogen) atoms. The molecule has 0 saturated carbocycles. The number of carbonyl (C=O) groups is 1. The van der Waals surface area contributed by atoms with E-state index in [1.54, 1.807) is 37.5 Å². The lowest BCUT2D eigenvalue weighted by molar-refractivity contribution is -0.117. The lowest BCUT2D eigenvalue weighted by Gasteiger charge is -2.22. The van der Waals surface area contributed by atoms with Crippen molar-refractivity contribution >= 4 is 23.1 Å². The highest BCUT2D eigenvalue weighted by Gasteiger charge is 2.28. The first-order valence-electron chi connectivity index (χ1n) is 9.09. The number of aliphatic hydroxyl groups is 1. The fourth-order valence-electron chi connectivity index (χ4n) is 3.27. The average Bonchev–Trinajstić information content (AvgIpc) is 3.10. The fraction of sp³-hybridized carbons (Fsp3) is 0.300. The Bertz CT molecular complexity index is 871. The molecule has 1 fully saturated rings. The summed E-state index contributed by atoms with van der Waals surface area (Å²) in [4.78, 5) is 18.4. The van der Waals surface area contributed by atoms with Crippen LogP contribution in [-0.4, -0.2) is 47.1 Å². The molecule has 2 aromatic rings. The Kier molecular flexibility index (Phi) is 6.00. The van der Waals surface area contributed by atoms with Crippen LogP contribution in [0.5, 0.6) is 11.5 Å². The summed E-state index contributed by atoms with van der Waals surface area (Å²) in [7, 11) is 1.80. The molecule has 148 valence electrons. The molecule has 1 aromatic carbocycles. The van der Waals surface area contributed by atoms with E-state index >= 15 is 0 Å². The zero-order valence-electron chi connectivity index (χ0n) is 15.8. The number of hydrogen-bond acceptors (Lipinski definition) is 7. The van der Waals surface area contributed by atoms with Crippen LogP contribution < -0.4 is 21.1 Å². The Balaban J connectivity index is 1.62. The summed E-state index contributed by atoms with van der Waals surface area (Å²) in [5.41, 5.74) is 7.35. The molecule has 2 heterocycles. The quantitative estimate of drug-likeness (QED) is 0.429. The standard InChI is InChI=1S/C20H25N5O3/c1-13(26)18-4-3-9-25(18)12-20(27)24-19-11-15(7-8-23-19)28-14-5-6-17(22-2)16(21)10-14/h5-8,10-11,18,22,26H,1,3-4,9,12,21H2,2H3,(H,23,24,27)/t18-/m0/s1. The molecule has 1 aromatic heterocycles. The van der Waals surface area contributed by atoms with Crippen LogP contribution in [0.3, 0.4) is 0 Å². The molecule has 5 N–H and O–H groups in total. The van der Waals surface area contributed by atoms with Gasteiger partial charge in [0.2, 0.25) is 5.91 Å². The van der Waals surface area contributed by atoms with Gasteiger partial charge in [-0.2, -0.15) is 0 Å². The lowest BCUT2D eigenvalue weighted by Crippen LogP contribution is -2.37. The Morgan fingerprint density at radius 3 is 2.89 bits per heavy atom. The fourth-order valence-corrected chi connectivity index (χ4v) is 3.27. The van der Waals surface area contributed by atoms with Gasteiger partial charge in [-0.1, -0.05) is 6.58 Å². The predicted molar refractivity (Wildman–Crippen MR) is 110 cm³/mol. The first kappa shape index (κ1) is 19.5. The van der Waals surface area contributed by atoms with E-state index in [0.717, 1.165) is 25.1 Å². The van der Waals surface area contributed by atoms with Gasteiger partial charge in [0.25, 0.3) is 0 Å². The normalized spacial score (nSPS) is 16.5. The number of anilines is 3. The number of benzene rings is 1. The third kappa shape index (κ3) is 4.72. The predicted octanol–water partition coefficient (Wildman–Crippen LogP) is 2.97. The number of aliphatic hydroxyl groups excluding tert-OH is 1. The largest absolute Gasteiger partial charge is 0.511 e. The van der Waals surface area contributed by atoms with E-state index in [9.17, 15) is 9.90 Å². The summed E-state index contributed by atoms with van der Waals surface area (Å²) in [5.74, 6) is 1.40. The summed E-state index contributed by atoms with van der Waals surface area (Å²) >= 11 is 0. The van der Waals surface area contributed by atoms with Crippen LogP contribution in [-0.2, 0) is 4.79 Å². The molecule has 0 unspecified atom stereocenters. The second kappa shape index (κ2) is 8.62. The molecule has 0 radical (unpaired) electrons. The molecule has 0 spiro atoms. The van der Waals surface area contributed by atoms with Gasteiger partial charge in [-0.3, -0.25) is 9.69 Å². The highest BCUT2D eigenvalue weighted by molar-refractivity contribution is 5.91. The number of likely N-dealkylation sites (tertiary alicyclic amines) is 1. The van der Waals surface area contributed by atoms with Crippen molar-refractivity contribution in [2.75, 3.05) is 36.5 Å². The molecule has 3 rings (SSSR count). The number of hydrogen-bond donors (Lipinski definition) is 4.